The van der Waals surface area contributed by atoms with Gasteiger partial charge in [0, 0.05) is 38.3 Å². The number of ether oxygens (including phenoxy) is 5. The van der Waals surface area contributed by atoms with E-state index in [1.54, 1.807) is 37.3 Å². The van der Waals surface area contributed by atoms with Gasteiger partial charge in [-0.2, -0.15) is 0 Å². The molecular formula is C38H45N3O8. The smallest absolute Gasteiger partial charge is 0.328 e. The SMILES string of the molecule is COc1cc(/C=C/C(=O)N2CCOc3ccccc32)ccc1OC1CCN(C)C1.COc1cc(/C=C/C(=O)O)ccc1OC1CCN(C)C1. The molecular weight excluding hydrogens is 626 g/mol. The summed E-state index contributed by atoms with van der Waals surface area (Å²) in [6.07, 6.45) is 8.38. The van der Waals surface area contributed by atoms with Crippen molar-refractivity contribution in [2.24, 2.45) is 0 Å². The summed E-state index contributed by atoms with van der Waals surface area (Å²) in [5, 5.41) is 8.62. The Bertz CT molecular complexity index is 1660. The van der Waals surface area contributed by atoms with Crippen LogP contribution in [0, 0.1) is 0 Å². The Morgan fingerprint density at radius 3 is 1.82 bits per heavy atom. The molecule has 3 aromatic rings. The topological polar surface area (TPSA) is 110 Å². The number of likely N-dealkylation sites (N-methyl/N-ethyl adjacent to an activating group) is 2. The quantitative estimate of drug-likeness (QED) is 0.293. The third kappa shape index (κ3) is 9.77. The molecule has 0 bridgehead atoms. The van der Waals surface area contributed by atoms with Gasteiger partial charge in [-0.1, -0.05) is 24.3 Å². The fraction of sp³-hybridized carbons (Fsp3) is 0.368. The van der Waals surface area contributed by atoms with Crippen molar-refractivity contribution in [3.63, 3.8) is 0 Å². The van der Waals surface area contributed by atoms with Crippen LogP contribution in [0.1, 0.15) is 24.0 Å². The standard InChI is InChI=1S/C23H26N2O4.C15H19NO4/c1-24-12-11-18(16-24)29-21-9-7-17(15-22(21)27-2)8-10-23(26)25-13-14-28-20-6-4-3-5-19(20)25;1-16-8-7-12(10-16)20-13-5-3-11(4-6-15(17)18)9-14(13)19-2/h3-10,15,18H,11-14,16H2,1-2H3;3-6,9,12H,7-8,10H2,1-2H3,(H,17,18)/b10-8+;6-4+. The predicted molar refractivity (Wildman–Crippen MR) is 189 cm³/mol. The van der Waals surface area contributed by atoms with Crippen LogP contribution in [-0.4, -0.2) is 107 Å². The first-order valence-corrected chi connectivity index (χ1v) is 16.4. The van der Waals surface area contributed by atoms with E-state index in [1.807, 2.05) is 54.6 Å². The van der Waals surface area contributed by atoms with Crippen molar-refractivity contribution >= 4 is 29.7 Å². The number of amides is 1. The number of carboxylic acids is 1. The van der Waals surface area contributed by atoms with Gasteiger partial charge in [-0.15, -0.1) is 0 Å². The first kappa shape index (κ1) is 35.3. The number of fused-ring (bicyclic) bond motifs is 1. The fourth-order valence-electron chi connectivity index (χ4n) is 5.93. The lowest BCUT2D eigenvalue weighted by Gasteiger charge is -2.28. The lowest BCUT2D eigenvalue weighted by Crippen LogP contribution is -2.36. The van der Waals surface area contributed by atoms with Crippen LogP contribution in [0.4, 0.5) is 5.69 Å². The lowest BCUT2D eigenvalue weighted by atomic mass is 10.1. The zero-order valence-electron chi connectivity index (χ0n) is 28.5. The van der Waals surface area contributed by atoms with E-state index in [1.165, 1.54) is 6.08 Å². The maximum absolute atomic E-state index is 12.7. The second-order valence-electron chi connectivity index (χ2n) is 12.2. The first-order valence-electron chi connectivity index (χ1n) is 16.4. The van der Waals surface area contributed by atoms with Crippen LogP contribution in [0.3, 0.4) is 0 Å². The molecule has 1 N–H and O–H groups in total. The average molecular weight is 672 g/mol. The van der Waals surface area contributed by atoms with Gasteiger partial charge in [0.05, 0.1) is 26.5 Å². The Morgan fingerprint density at radius 1 is 0.755 bits per heavy atom. The van der Waals surface area contributed by atoms with Gasteiger partial charge < -0.3 is 43.5 Å². The van der Waals surface area contributed by atoms with E-state index < -0.39 is 5.97 Å². The molecule has 2 atom stereocenters. The number of methoxy groups -OCH3 is 2. The van der Waals surface area contributed by atoms with E-state index in [0.717, 1.165) is 73.4 Å². The summed E-state index contributed by atoms with van der Waals surface area (Å²) in [4.78, 5) is 29.5. The molecule has 3 heterocycles. The number of hydrogen-bond donors (Lipinski definition) is 1. The highest BCUT2D eigenvalue weighted by Gasteiger charge is 2.24. The molecule has 0 aliphatic carbocycles. The van der Waals surface area contributed by atoms with E-state index in [9.17, 15) is 9.59 Å². The van der Waals surface area contributed by atoms with Gasteiger partial charge in [-0.25, -0.2) is 4.79 Å². The van der Waals surface area contributed by atoms with E-state index in [0.29, 0.717) is 30.4 Å². The molecule has 2 unspecified atom stereocenters. The molecule has 0 spiro atoms. The summed E-state index contributed by atoms with van der Waals surface area (Å²) in [7, 11) is 7.37. The fourth-order valence-corrected chi connectivity index (χ4v) is 5.93. The average Bonchev–Trinajstić information content (AvgIpc) is 3.73. The number of nitrogens with zero attached hydrogens (tertiary/aromatic N) is 3. The first-order chi connectivity index (χ1) is 23.7. The lowest BCUT2D eigenvalue weighted by molar-refractivity contribution is -0.131. The molecule has 11 nitrogen and oxygen atoms in total. The van der Waals surface area contributed by atoms with Crippen LogP contribution in [0.15, 0.2) is 72.8 Å². The predicted octanol–water partition coefficient (Wildman–Crippen LogP) is 5.09. The number of para-hydroxylation sites is 2. The largest absolute Gasteiger partial charge is 0.493 e. The Morgan fingerprint density at radius 2 is 1.31 bits per heavy atom. The molecule has 3 aliphatic heterocycles. The van der Waals surface area contributed by atoms with Crippen LogP contribution >= 0.6 is 0 Å². The van der Waals surface area contributed by atoms with E-state index >= 15 is 0 Å². The number of rotatable bonds is 10. The summed E-state index contributed by atoms with van der Waals surface area (Å²) in [5.41, 5.74) is 2.45. The minimum atomic E-state index is -0.974. The van der Waals surface area contributed by atoms with Gasteiger partial charge >= 0.3 is 5.97 Å². The Kier molecular flexibility index (Phi) is 12.2. The van der Waals surface area contributed by atoms with Gasteiger partial charge in [0.25, 0.3) is 5.91 Å². The second-order valence-corrected chi connectivity index (χ2v) is 12.2. The zero-order chi connectivity index (χ0) is 34.8. The number of anilines is 1. The molecule has 2 saturated heterocycles. The highest BCUT2D eigenvalue weighted by Crippen LogP contribution is 2.33. The van der Waals surface area contributed by atoms with Gasteiger partial charge in [0.1, 0.15) is 24.6 Å². The molecule has 1 amide bonds. The molecule has 260 valence electrons. The number of carbonyl (C=O) groups excluding carboxylic acids is 1. The molecule has 0 radical (unpaired) electrons. The van der Waals surface area contributed by atoms with E-state index in [2.05, 4.69) is 23.9 Å². The normalized spacial score (nSPS) is 19.2. The third-order valence-corrected chi connectivity index (χ3v) is 8.49. The molecule has 2 fully saturated rings. The summed E-state index contributed by atoms with van der Waals surface area (Å²) >= 11 is 0. The van der Waals surface area contributed by atoms with Gasteiger partial charge in [0.2, 0.25) is 0 Å². The summed E-state index contributed by atoms with van der Waals surface area (Å²) in [6.45, 7) is 4.93. The van der Waals surface area contributed by atoms with Crippen molar-refractivity contribution < 1.29 is 38.4 Å². The van der Waals surface area contributed by atoms with Crippen LogP contribution < -0.4 is 28.6 Å². The number of likely N-dealkylation sites (tertiary alicyclic amines) is 2. The van der Waals surface area contributed by atoms with Crippen LogP contribution in [0.5, 0.6) is 28.7 Å². The Hall–Kier alpha value is -5.00. The minimum Gasteiger partial charge on any atom is -0.493 e. The monoisotopic (exact) mass is 671 g/mol. The number of hydrogen-bond acceptors (Lipinski definition) is 9. The summed E-state index contributed by atoms with van der Waals surface area (Å²) < 4.78 is 28.5. The highest BCUT2D eigenvalue weighted by molar-refractivity contribution is 6.05. The molecule has 0 saturated carbocycles. The minimum absolute atomic E-state index is 0.0750. The molecule has 0 aromatic heterocycles. The molecule has 6 rings (SSSR count). The van der Waals surface area contributed by atoms with Gasteiger partial charge in [-0.05, 0) is 86.6 Å². The zero-order valence-corrected chi connectivity index (χ0v) is 28.5. The van der Waals surface area contributed by atoms with Crippen molar-refractivity contribution in [3.8, 4) is 28.7 Å². The number of benzene rings is 3. The van der Waals surface area contributed by atoms with Gasteiger partial charge in [0.15, 0.2) is 23.0 Å². The van der Waals surface area contributed by atoms with Crippen LogP contribution in [-0.2, 0) is 9.59 Å². The second kappa shape index (κ2) is 16.9. The summed E-state index contributed by atoms with van der Waals surface area (Å²) in [5.74, 6) is 2.41. The highest BCUT2D eigenvalue weighted by atomic mass is 16.5. The van der Waals surface area contributed by atoms with Crippen LogP contribution in [0.25, 0.3) is 12.2 Å². The van der Waals surface area contributed by atoms with Crippen molar-refractivity contribution in [1.29, 1.82) is 0 Å². The molecule has 3 aromatic carbocycles. The van der Waals surface area contributed by atoms with Crippen molar-refractivity contribution in [3.05, 3.63) is 83.9 Å². The van der Waals surface area contributed by atoms with E-state index in [4.69, 9.17) is 28.8 Å². The number of carbonyl (C=O) groups is 2. The number of carboxylic acid groups (broad SMARTS) is 1. The van der Waals surface area contributed by atoms with Gasteiger partial charge in [-0.3, -0.25) is 4.79 Å². The maximum Gasteiger partial charge on any atom is 0.328 e. The summed E-state index contributed by atoms with van der Waals surface area (Å²) in [6, 6.07) is 18.7. The molecule has 11 heteroatoms. The van der Waals surface area contributed by atoms with E-state index in [-0.39, 0.29) is 18.1 Å². The Labute approximate surface area is 287 Å². The van der Waals surface area contributed by atoms with Crippen LogP contribution in [0.2, 0.25) is 0 Å². The van der Waals surface area contributed by atoms with Crippen molar-refractivity contribution in [2.45, 2.75) is 25.0 Å². The Balaban J connectivity index is 0.000000205. The number of aliphatic carboxylic acids is 1. The maximum atomic E-state index is 12.7. The molecule has 3 aliphatic rings. The van der Waals surface area contributed by atoms with Crippen molar-refractivity contribution in [2.75, 3.05) is 72.5 Å². The third-order valence-electron chi connectivity index (χ3n) is 8.49. The molecule has 49 heavy (non-hydrogen) atoms. The van der Waals surface area contributed by atoms with Crippen molar-refractivity contribution in [1.82, 2.24) is 9.80 Å².